The third kappa shape index (κ3) is 4.43. The van der Waals surface area contributed by atoms with Crippen molar-refractivity contribution < 1.29 is 18.6 Å². The molecule has 0 bridgehead atoms. The topological polar surface area (TPSA) is 40.6 Å². The molecule has 0 aliphatic rings. The van der Waals surface area contributed by atoms with Crippen molar-refractivity contribution in [2.75, 3.05) is 13.2 Å². The Morgan fingerprint density at radius 1 is 0.957 bits per heavy atom. The van der Waals surface area contributed by atoms with Gasteiger partial charge in [-0.1, -0.05) is 29.5 Å². The van der Waals surface area contributed by atoms with Crippen LogP contribution >= 0.6 is 11.3 Å². The zero-order chi connectivity index (χ0) is 15.9. The fraction of sp³-hybridized carbons (Fsp3) is 0.118. The van der Waals surface area contributed by atoms with Gasteiger partial charge in [-0.25, -0.2) is 9.37 Å². The van der Waals surface area contributed by atoms with Crippen LogP contribution in [0.3, 0.4) is 0 Å². The highest BCUT2D eigenvalue weighted by molar-refractivity contribution is 7.11. The van der Waals surface area contributed by atoms with E-state index in [1.807, 2.05) is 5.38 Å². The van der Waals surface area contributed by atoms with Crippen LogP contribution in [-0.4, -0.2) is 18.2 Å². The predicted octanol–water partition coefficient (Wildman–Crippen LogP) is 4.53. The lowest BCUT2D eigenvalue weighted by Crippen LogP contribution is -2.08. The van der Waals surface area contributed by atoms with Crippen molar-refractivity contribution in [1.29, 1.82) is 0 Å². The summed E-state index contributed by atoms with van der Waals surface area (Å²) >= 11 is 1.43. The van der Waals surface area contributed by atoms with Crippen LogP contribution < -0.4 is 14.2 Å². The largest absolute Gasteiger partial charge is 0.490 e. The minimum atomic E-state index is -0.407. The molecule has 0 aliphatic carbocycles. The summed E-state index contributed by atoms with van der Waals surface area (Å²) in [6.07, 6.45) is 1.68. The molecule has 1 aromatic heterocycles. The van der Waals surface area contributed by atoms with Crippen LogP contribution in [0, 0.1) is 5.82 Å². The maximum absolute atomic E-state index is 13.6. The number of aromatic nitrogens is 1. The summed E-state index contributed by atoms with van der Waals surface area (Å²) in [6.45, 7) is 0.772. The fourth-order valence-corrected chi connectivity index (χ4v) is 2.36. The lowest BCUT2D eigenvalue weighted by molar-refractivity contribution is 0.216. The number of nitrogens with zero attached hydrogens (tertiary/aromatic N) is 1. The molecule has 0 N–H and O–H groups in total. The van der Waals surface area contributed by atoms with E-state index in [9.17, 15) is 4.39 Å². The first-order chi connectivity index (χ1) is 11.3. The van der Waals surface area contributed by atoms with E-state index in [4.69, 9.17) is 14.2 Å². The Balaban J connectivity index is 1.54. The summed E-state index contributed by atoms with van der Waals surface area (Å²) in [5.41, 5.74) is 0. The number of halogens is 1. The maximum Gasteiger partial charge on any atom is 0.273 e. The predicted molar refractivity (Wildman–Crippen MR) is 86.0 cm³/mol. The van der Waals surface area contributed by atoms with E-state index in [0.29, 0.717) is 29.9 Å². The number of ether oxygens (including phenoxy) is 3. The minimum Gasteiger partial charge on any atom is -0.490 e. The van der Waals surface area contributed by atoms with Crippen LogP contribution in [0.15, 0.2) is 60.1 Å². The van der Waals surface area contributed by atoms with Crippen molar-refractivity contribution in [3.8, 4) is 22.4 Å². The van der Waals surface area contributed by atoms with E-state index in [0.717, 1.165) is 0 Å². The number of benzene rings is 2. The van der Waals surface area contributed by atoms with E-state index >= 15 is 0 Å². The molecule has 0 radical (unpaired) electrons. The second-order valence-corrected chi connectivity index (χ2v) is 5.36. The molecule has 1 heterocycles. The molecule has 0 saturated carbocycles. The average Bonchev–Trinajstić information content (AvgIpc) is 3.08. The SMILES string of the molecule is Fc1ccccc1Oc1cccc(OCCOc2nccs2)c1. The Morgan fingerprint density at radius 3 is 2.61 bits per heavy atom. The summed E-state index contributed by atoms with van der Waals surface area (Å²) < 4.78 is 30.1. The van der Waals surface area contributed by atoms with E-state index < -0.39 is 5.82 Å². The number of para-hydroxylation sites is 1. The normalized spacial score (nSPS) is 10.3. The zero-order valence-corrected chi connectivity index (χ0v) is 13.0. The first-order valence-electron chi connectivity index (χ1n) is 6.99. The molecule has 3 aromatic rings. The van der Waals surface area contributed by atoms with Crippen molar-refractivity contribution in [3.05, 3.63) is 65.9 Å². The number of hydrogen-bond acceptors (Lipinski definition) is 5. The Bertz CT molecular complexity index is 749. The molecular formula is C17H14FNO3S. The smallest absolute Gasteiger partial charge is 0.273 e. The lowest BCUT2D eigenvalue weighted by Gasteiger charge is -2.10. The molecule has 118 valence electrons. The third-order valence-electron chi connectivity index (χ3n) is 2.86. The van der Waals surface area contributed by atoms with Crippen molar-refractivity contribution >= 4 is 11.3 Å². The van der Waals surface area contributed by atoms with Gasteiger partial charge in [0.2, 0.25) is 0 Å². The Hall–Kier alpha value is -2.60. The second-order valence-electron chi connectivity index (χ2n) is 4.50. The fourth-order valence-electron chi connectivity index (χ4n) is 1.85. The Morgan fingerprint density at radius 2 is 1.78 bits per heavy atom. The van der Waals surface area contributed by atoms with Gasteiger partial charge in [-0.3, -0.25) is 0 Å². The summed E-state index contributed by atoms with van der Waals surface area (Å²) in [7, 11) is 0. The summed E-state index contributed by atoms with van der Waals surface area (Å²) in [6, 6.07) is 13.3. The van der Waals surface area contributed by atoms with Crippen LogP contribution in [0.4, 0.5) is 4.39 Å². The van der Waals surface area contributed by atoms with Gasteiger partial charge in [-0.2, -0.15) is 0 Å². The van der Waals surface area contributed by atoms with Gasteiger partial charge in [-0.15, -0.1) is 0 Å². The van der Waals surface area contributed by atoms with Gasteiger partial charge in [0.1, 0.15) is 24.7 Å². The van der Waals surface area contributed by atoms with E-state index in [2.05, 4.69) is 4.98 Å². The number of thiazole rings is 1. The van der Waals surface area contributed by atoms with Crippen molar-refractivity contribution in [2.24, 2.45) is 0 Å². The minimum absolute atomic E-state index is 0.178. The molecular weight excluding hydrogens is 317 g/mol. The molecule has 3 rings (SSSR count). The quantitative estimate of drug-likeness (QED) is 0.596. The standard InChI is InChI=1S/C17H14FNO3S/c18-15-6-1-2-7-16(15)22-14-5-3-4-13(12-14)20-9-10-21-17-19-8-11-23-17/h1-8,11-12H,9-10H2. The molecule has 0 aliphatic heterocycles. The molecule has 6 heteroatoms. The maximum atomic E-state index is 13.6. The highest BCUT2D eigenvalue weighted by atomic mass is 32.1. The van der Waals surface area contributed by atoms with Crippen molar-refractivity contribution in [2.45, 2.75) is 0 Å². The number of hydrogen-bond donors (Lipinski definition) is 0. The third-order valence-corrected chi connectivity index (χ3v) is 3.54. The molecule has 0 spiro atoms. The van der Waals surface area contributed by atoms with Crippen molar-refractivity contribution in [1.82, 2.24) is 4.98 Å². The molecule has 2 aromatic carbocycles. The van der Waals surface area contributed by atoms with Gasteiger partial charge >= 0.3 is 0 Å². The monoisotopic (exact) mass is 331 g/mol. The molecule has 0 saturated heterocycles. The first-order valence-corrected chi connectivity index (χ1v) is 7.87. The van der Waals surface area contributed by atoms with Crippen molar-refractivity contribution in [3.63, 3.8) is 0 Å². The van der Waals surface area contributed by atoms with Crippen LogP contribution in [0.2, 0.25) is 0 Å². The van der Waals surface area contributed by atoms with Crippen LogP contribution in [-0.2, 0) is 0 Å². The second kappa shape index (κ2) is 7.60. The average molecular weight is 331 g/mol. The Kier molecular flexibility index (Phi) is 5.06. The van der Waals surface area contributed by atoms with Gasteiger partial charge in [0.05, 0.1) is 0 Å². The first kappa shape index (κ1) is 15.3. The summed E-state index contributed by atoms with van der Waals surface area (Å²) in [4.78, 5) is 4.02. The highest BCUT2D eigenvalue weighted by Gasteiger charge is 2.04. The van der Waals surface area contributed by atoms with Crippen LogP contribution in [0.25, 0.3) is 0 Å². The molecule has 0 atom stereocenters. The zero-order valence-electron chi connectivity index (χ0n) is 12.1. The Labute approximate surface area is 137 Å². The van der Waals surface area contributed by atoms with Gasteiger partial charge in [0.15, 0.2) is 11.6 Å². The van der Waals surface area contributed by atoms with E-state index in [1.165, 1.54) is 17.4 Å². The summed E-state index contributed by atoms with van der Waals surface area (Å²) in [5.74, 6) is 0.905. The van der Waals surface area contributed by atoms with Crippen LogP contribution in [0.1, 0.15) is 0 Å². The lowest BCUT2D eigenvalue weighted by atomic mass is 10.3. The van der Waals surface area contributed by atoms with E-state index in [-0.39, 0.29) is 5.75 Å². The summed E-state index contributed by atoms with van der Waals surface area (Å²) in [5, 5.41) is 2.46. The van der Waals surface area contributed by atoms with E-state index in [1.54, 1.807) is 48.7 Å². The molecule has 0 amide bonds. The van der Waals surface area contributed by atoms with Gasteiger partial charge in [-0.05, 0) is 24.3 Å². The highest BCUT2D eigenvalue weighted by Crippen LogP contribution is 2.27. The van der Waals surface area contributed by atoms with Crippen LogP contribution in [0.5, 0.6) is 22.4 Å². The molecule has 0 unspecified atom stereocenters. The van der Waals surface area contributed by atoms with Gasteiger partial charge in [0, 0.05) is 17.6 Å². The number of rotatable bonds is 7. The van der Waals surface area contributed by atoms with Gasteiger partial charge in [0.25, 0.3) is 5.19 Å². The molecule has 4 nitrogen and oxygen atoms in total. The van der Waals surface area contributed by atoms with Gasteiger partial charge < -0.3 is 14.2 Å². The molecule has 23 heavy (non-hydrogen) atoms. The molecule has 0 fully saturated rings.